The number of H-pyrrole nitrogens is 1. The molecule has 8 nitrogen and oxygen atoms in total. The molecule has 0 spiro atoms. The van der Waals surface area contributed by atoms with Gasteiger partial charge in [0.15, 0.2) is 18.2 Å². The van der Waals surface area contributed by atoms with Crippen molar-refractivity contribution in [1.82, 2.24) is 4.98 Å². The highest BCUT2D eigenvalue weighted by atomic mass is 16.5. The molecule has 0 amide bonds. The van der Waals surface area contributed by atoms with Crippen LogP contribution in [0.2, 0.25) is 0 Å². The van der Waals surface area contributed by atoms with Gasteiger partial charge in [-0.15, -0.1) is 0 Å². The summed E-state index contributed by atoms with van der Waals surface area (Å²) in [5.41, 5.74) is 0.628. The van der Waals surface area contributed by atoms with Crippen molar-refractivity contribution in [3.63, 3.8) is 0 Å². The minimum absolute atomic E-state index is 0.220. The van der Waals surface area contributed by atoms with E-state index in [1.807, 2.05) is 0 Å². The van der Waals surface area contributed by atoms with Crippen molar-refractivity contribution < 1.29 is 24.6 Å². The van der Waals surface area contributed by atoms with Gasteiger partial charge < -0.3 is 20.1 Å². The lowest BCUT2D eigenvalue weighted by molar-refractivity contribution is -0.746. The van der Waals surface area contributed by atoms with Crippen LogP contribution in [-0.2, 0) is 4.74 Å². The number of nitrogens with zero attached hydrogens (tertiary/aromatic N) is 2. The molecule has 0 saturated carbocycles. The first-order valence-corrected chi connectivity index (χ1v) is 6.20. The standard InChI is InChI=1S/C11H16N4O4/c16-3-8-6(17)1-9(19-8)15-5-14-10-7(18)2-12-4-13-11(10)15/h4-9,16-18H,1-3H2,(H,12,13)/p+1/t6-,7+,8+,9+/m0/s1. The predicted octanol–water partition coefficient (Wildman–Crippen LogP) is -1.57. The van der Waals surface area contributed by atoms with Crippen molar-refractivity contribution in [1.29, 1.82) is 0 Å². The normalized spacial score (nSPS) is 33.8. The number of aliphatic imine (C=N–C) groups is 1. The number of hydrogen-bond donors (Lipinski definition) is 5. The quantitative estimate of drug-likeness (QED) is 0.416. The Balaban J connectivity index is 1.89. The number of fused-ring (bicyclic) bond motifs is 1. The van der Waals surface area contributed by atoms with Crippen LogP contribution in [0.1, 0.15) is 24.4 Å². The summed E-state index contributed by atoms with van der Waals surface area (Å²) < 4.78 is 7.34. The van der Waals surface area contributed by atoms with E-state index in [2.05, 4.69) is 15.3 Å². The molecule has 1 aromatic rings. The first-order valence-electron chi connectivity index (χ1n) is 6.20. The number of aliphatic hydroxyl groups excluding tert-OH is 3. The van der Waals surface area contributed by atoms with Gasteiger partial charge in [-0.25, -0.2) is 4.57 Å². The number of aliphatic hydroxyl groups is 3. The third-order valence-electron chi connectivity index (χ3n) is 3.47. The third-order valence-corrected chi connectivity index (χ3v) is 3.47. The SMILES string of the molecule is OC[C@H]1O[C@@H]([n+]2c[nH]c3c2NC=NC[C@H]3O)C[C@@H]1O. The van der Waals surface area contributed by atoms with Crippen LogP contribution in [0, 0.1) is 0 Å². The highest BCUT2D eigenvalue weighted by Gasteiger charge is 2.39. The van der Waals surface area contributed by atoms with Gasteiger partial charge in [0.1, 0.15) is 18.5 Å². The summed E-state index contributed by atoms with van der Waals surface area (Å²) in [5, 5.41) is 31.8. The number of aromatic amines is 1. The van der Waals surface area contributed by atoms with Gasteiger partial charge in [-0.05, 0) is 0 Å². The first-order chi connectivity index (χ1) is 9.20. The zero-order valence-electron chi connectivity index (χ0n) is 10.2. The Bertz CT molecular complexity index is 489. The maximum Gasteiger partial charge on any atom is 0.267 e. The van der Waals surface area contributed by atoms with Gasteiger partial charge >= 0.3 is 0 Å². The maximum absolute atomic E-state index is 9.92. The van der Waals surface area contributed by atoms with E-state index in [9.17, 15) is 10.2 Å². The molecule has 5 N–H and O–H groups in total. The summed E-state index contributed by atoms with van der Waals surface area (Å²) >= 11 is 0. The number of imidazole rings is 1. The van der Waals surface area contributed by atoms with Crippen molar-refractivity contribution in [2.45, 2.75) is 31.0 Å². The molecule has 4 atom stereocenters. The number of aromatic nitrogens is 2. The number of nitrogens with one attached hydrogen (secondary N) is 2. The topological polar surface area (TPSA) is 114 Å². The van der Waals surface area contributed by atoms with Gasteiger partial charge in [-0.2, -0.15) is 0 Å². The molecule has 2 aliphatic rings. The first kappa shape index (κ1) is 12.5. The van der Waals surface area contributed by atoms with E-state index >= 15 is 0 Å². The predicted molar refractivity (Wildman–Crippen MR) is 64.5 cm³/mol. The lowest BCUT2D eigenvalue weighted by atomic mass is 10.2. The molecule has 1 saturated heterocycles. The summed E-state index contributed by atoms with van der Waals surface area (Å²) in [7, 11) is 0. The monoisotopic (exact) mass is 269 g/mol. The number of rotatable bonds is 2. The van der Waals surface area contributed by atoms with E-state index in [1.165, 1.54) is 6.34 Å². The summed E-state index contributed by atoms with van der Waals surface area (Å²) in [4.78, 5) is 6.99. The fraction of sp³-hybridized carbons (Fsp3) is 0.636. The molecule has 0 unspecified atom stereocenters. The van der Waals surface area contributed by atoms with Crippen molar-refractivity contribution in [3.8, 4) is 0 Å². The molecule has 3 rings (SSSR count). The summed E-state index contributed by atoms with van der Waals surface area (Å²) in [6.07, 6.45) is 1.21. The highest BCUT2D eigenvalue weighted by Crippen LogP contribution is 2.28. The third kappa shape index (κ3) is 2.12. The molecule has 0 bridgehead atoms. The molecular weight excluding hydrogens is 252 g/mol. The van der Waals surface area contributed by atoms with E-state index in [1.54, 1.807) is 10.9 Å². The lowest BCUT2D eigenvalue weighted by Crippen LogP contribution is -2.40. The van der Waals surface area contributed by atoms with Gasteiger partial charge in [-0.3, -0.25) is 15.3 Å². The molecular formula is C11H17N4O4+. The summed E-state index contributed by atoms with van der Waals surface area (Å²) in [6, 6.07) is 0. The van der Waals surface area contributed by atoms with Crippen molar-refractivity contribution >= 4 is 12.2 Å². The second-order valence-electron chi connectivity index (χ2n) is 4.71. The van der Waals surface area contributed by atoms with E-state index in [0.29, 0.717) is 17.9 Å². The molecule has 0 aliphatic carbocycles. The smallest absolute Gasteiger partial charge is 0.267 e. The van der Waals surface area contributed by atoms with Gasteiger partial charge in [0, 0.05) is 6.42 Å². The van der Waals surface area contributed by atoms with Crippen molar-refractivity contribution in [3.05, 3.63) is 12.0 Å². The van der Waals surface area contributed by atoms with Crippen molar-refractivity contribution in [2.24, 2.45) is 4.99 Å². The molecule has 0 radical (unpaired) electrons. The van der Waals surface area contributed by atoms with E-state index in [-0.39, 0.29) is 13.2 Å². The molecule has 3 heterocycles. The van der Waals surface area contributed by atoms with E-state index in [0.717, 1.165) is 0 Å². The van der Waals surface area contributed by atoms with Gasteiger partial charge in [0.2, 0.25) is 0 Å². The largest absolute Gasteiger partial charge is 0.394 e. The Morgan fingerprint density at radius 3 is 3.05 bits per heavy atom. The molecule has 1 fully saturated rings. The summed E-state index contributed by atoms with van der Waals surface area (Å²) in [5.74, 6) is 0.657. The Hall–Kier alpha value is -1.48. The van der Waals surface area contributed by atoms with E-state index in [4.69, 9.17) is 9.84 Å². The Morgan fingerprint density at radius 2 is 2.32 bits per heavy atom. The van der Waals surface area contributed by atoms with Gasteiger partial charge in [-0.1, -0.05) is 0 Å². The van der Waals surface area contributed by atoms with Crippen LogP contribution in [0.4, 0.5) is 5.82 Å². The molecule has 0 aromatic carbocycles. The average Bonchev–Trinajstić information content (AvgIpc) is 2.93. The lowest BCUT2D eigenvalue weighted by Gasteiger charge is -2.11. The number of anilines is 1. The second-order valence-corrected chi connectivity index (χ2v) is 4.71. The zero-order valence-corrected chi connectivity index (χ0v) is 10.2. The number of ether oxygens (including phenoxy) is 1. The Morgan fingerprint density at radius 1 is 1.47 bits per heavy atom. The fourth-order valence-corrected chi connectivity index (χ4v) is 2.45. The van der Waals surface area contributed by atoms with Gasteiger partial charge in [0.05, 0.1) is 19.3 Å². The molecule has 2 aliphatic heterocycles. The Kier molecular flexibility index (Phi) is 3.23. The van der Waals surface area contributed by atoms with Crippen LogP contribution in [0.15, 0.2) is 11.3 Å². The zero-order chi connectivity index (χ0) is 13.4. The number of hydrogen-bond acceptors (Lipinski definition) is 6. The van der Waals surface area contributed by atoms with Crippen LogP contribution >= 0.6 is 0 Å². The minimum Gasteiger partial charge on any atom is -0.394 e. The van der Waals surface area contributed by atoms with Crippen LogP contribution in [0.3, 0.4) is 0 Å². The molecule has 19 heavy (non-hydrogen) atoms. The second kappa shape index (κ2) is 4.89. The molecule has 1 aromatic heterocycles. The van der Waals surface area contributed by atoms with Crippen LogP contribution in [0.5, 0.6) is 0 Å². The highest BCUT2D eigenvalue weighted by molar-refractivity contribution is 5.74. The summed E-state index contributed by atoms with van der Waals surface area (Å²) in [6.45, 7) is 0.0658. The fourth-order valence-electron chi connectivity index (χ4n) is 2.45. The van der Waals surface area contributed by atoms with Crippen LogP contribution in [0.25, 0.3) is 0 Å². The van der Waals surface area contributed by atoms with E-state index < -0.39 is 24.5 Å². The maximum atomic E-state index is 9.92. The van der Waals surface area contributed by atoms with Crippen LogP contribution < -0.4 is 9.88 Å². The van der Waals surface area contributed by atoms with Crippen molar-refractivity contribution in [2.75, 3.05) is 18.5 Å². The average molecular weight is 269 g/mol. The van der Waals surface area contributed by atoms with Crippen LogP contribution in [-0.4, -0.2) is 52.0 Å². The molecule has 104 valence electrons. The van der Waals surface area contributed by atoms with Gasteiger partial charge in [0.25, 0.3) is 5.82 Å². The molecule has 8 heteroatoms. The minimum atomic E-state index is -0.706. The Labute approximate surface area is 109 Å².